The summed E-state index contributed by atoms with van der Waals surface area (Å²) in [5, 5.41) is 13.8. The third kappa shape index (κ3) is 1.59. The second kappa shape index (κ2) is 3.69. The van der Waals surface area contributed by atoms with Gasteiger partial charge in [0.15, 0.2) is 0 Å². The van der Waals surface area contributed by atoms with Crippen LogP contribution in [0.25, 0.3) is 0 Å². The second-order valence-corrected chi connectivity index (χ2v) is 5.11. The van der Waals surface area contributed by atoms with E-state index in [0.717, 1.165) is 3.57 Å². The van der Waals surface area contributed by atoms with Gasteiger partial charge in [-0.3, -0.25) is 4.68 Å². The lowest BCUT2D eigenvalue weighted by molar-refractivity contribution is 0.0169. The van der Waals surface area contributed by atoms with Gasteiger partial charge in [0.2, 0.25) is 0 Å². The van der Waals surface area contributed by atoms with Gasteiger partial charge < -0.3 is 14.6 Å². The molecule has 82 valence electrons. The maximum Gasteiger partial charge on any atom is 0.114 e. The fourth-order valence-corrected chi connectivity index (χ4v) is 2.59. The van der Waals surface area contributed by atoms with Crippen molar-refractivity contribution in [2.45, 2.75) is 24.4 Å². The summed E-state index contributed by atoms with van der Waals surface area (Å²) in [5.41, 5.74) is 0. The number of rotatable bonds is 1. The van der Waals surface area contributed by atoms with Crippen LogP contribution in [0.2, 0.25) is 0 Å². The van der Waals surface area contributed by atoms with Gasteiger partial charge in [0, 0.05) is 6.20 Å². The normalized spacial score (nSPS) is 39.6. The van der Waals surface area contributed by atoms with E-state index < -0.39 is 6.10 Å². The molecule has 6 heteroatoms. The number of ether oxygens (including phenoxy) is 2. The van der Waals surface area contributed by atoms with Crippen LogP contribution in [0.5, 0.6) is 0 Å². The molecule has 1 aromatic rings. The number of halogens is 1. The first-order valence-corrected chi connectivity index (χ1v) is 5.94. The highest BCUT2D eigenvalue weighted by molar-refractivity contribution is 14.1. The summed E-state index contributed by atoms with van der Waals surface area (Å²) < 4.78 is 14.0. The molecular weight excluding hydrogens is 311 g/mol. The zero-order valence-electron chi connectivity index (χ0n) is 7.91. The first-order chi connectivity index (χ1) is 7.25. The first kappa shape index (κ1) is 10.0. The first-order valence-electron chi connectivity index (χ1n) is 4.86. The predicted octanol–water partition coefficient (Wildman–Crippen LogP) is 0.187. The number of aliphatic hydroxyl groups is 1. The highest BCUT2D eigenvalue weighted by Gasteiger charge is 2.48. The fraction of sp³-hybridized carbons (Fsp3) is 0.667. The van der Waals surface area contributed by atoms with Crippen LogP contribution in [0.15, 0.2) is 12.4 Å². The Morgan fingerprint density at radius 2 is 2.20 bits per heavy atom. The highest BCUT2D eigenvalue weighted by atomic mass is 127. The molecule has 0 spiro atoms. The van der Waals surface area contributed by atoms with Crippen molar-refractivity contribution in [1.29, 1.82) is 0 Å². The molecule has 2 saturated heterocycles. The Labute approximate surface area is 100 Å². The number of fused-ring (bicyclic) bond motifs is 1. The average molecular weight is 322 g/mol. The largest absolute Gasteiger partial charge is 0.388 e. The lowest BCUT2D eigenvalue weighted by Crippen LogP contribution is -2.30. The van der Waals surface area contributed by atoms with E-state index in [2.05, 4.69) is 27.7 Å². The molecule has 0 saturated carbocycles. The number of nitrogens with zero attached hydrogens (tertiary/aromatic N) is 2. The smallest absolute Gasteiger partial charge is 0.114 e. The Balaban J connectivity index is 1.84. The van der Waals surface area contributed by atoms with Gasteiger partial charge in [-0.25, -0.2) is 0 Å². The van der Waals surface area contributed by atoms with Crippen molar-refractivity contribution in [3.8, 4) is 0 Å². The SMILES string of the molecule is O[C@@H]1CO[C@H]2[C@@H]1OC[C@@H]2n1cc(I)cn1. The zero-order chi connectivity index (χ0) is 10.4. The third-order valence-corrected chi connectivity index (χ3v) is 3.47. The van der Waals surface area contributed by atoms with Gasteiger partial charge in [-0.05, 0) is 22.6 Å². The van der Waals surface area contributed by atoms with Crippen molar-refractivity contribution in [2.75, 3.05) is 13.2 Å². The summed E-state index contributed by atoms with van der Waals surface area (Å²) in [6.45, 7) is 0.925. The number of aromatic nitrogens is 2. The van der Waals surface area contributed by atoms with E-state index in [0.29, 0.717) is 13.2 Å². The van der Waals surface area contributed by atoms with Gasteiger partial charge >= 0.3 is 0 Å². The van der Waals surface area contributed by atoms with Crippen molar-refractivity contribution in [3.63, 3.8) is 0 Å². The standard InChI is InChI=1S/C9H11IN2O3/c10-5-1-11-12(2-5)6-3-14-9-7(13)4-15-8(6)9/h1-2,6-9,13H,3-4H2/t6-,7+,8+,9+/m0/s1. The minimum absolute atomic E-state index is 0.0595. The zero-order valence-corrected chi connectivity index (χ0v) is 10.1. The Kier molecular flexibility index (Phi) is 2.46. The number of hydrogen-bond donors (Lipinski definition) is 1. The molecule has 0 unspecified atom stereocenters. The molecular formula is C9H11IN2O3. The summed E-state index contributed by atoms with van der Waals surface area (Å²) in [4.78, 5) is 0. The highest BCUT2D eigenvalue weighted by Crippen LogP contribution is 2.33. The molecule has 0 radical (unpaired) electrons. The van der Waals surface area contributed by atoms with E-state index >= 15 is 0 Å². The van der Waals surface area contributed by atoms with Crippen molar-refractivity contribution in [1.82, 2.24) is 9.78 Å². The fourth-order valence-electron chi connectivity index (χ4n) is 2.18. The van der Waals surface area contributed by atoms with Crippen LogP contribution in [0.1, 0.15) is 6.04 Å². The van der Waals surface area contributed by atoms with Crippen molar-refractivity contribution in [3.05, 3.63) is 16.0 Å². The minimum Gasteiger partial charge on any atom is -0.388 e. The summed E-state index contributed by atoms with van der Waals surface area (Å²) in [7, 11) is 0. The van der Waals surface area contributed by atoms with E-state index in [9.17, 15) is 5.11 Å². The van der Waals surface area contributed by atoms with Gasteiger partial charge in [-0.15, -0.1) is 0 Å². The van der Waals surface area contributed by atoms with Crippen LogP contribution in [-0.4, -0.2) is 46.4 Å². The summed E-state index contributed by atoms with van der Waals surface area (Å²) in [6, 6.07) is 0.0932. The molecule has 1 aromatic heterocycles. The van der Waals surface area contributed by atoms with Crippen LogP contribution in [0.3, 0.4) is 0 Å². The van der Waals surface area contributed by atoms with E-state index in [1.54, 1.807) is 6.20 Å². The molecule has 0 amide bonds. The van der Waals surface area contributed by atoms with Gasteiger partial charge in [0.1, 0.15) is 24.4 Å². The Bertz CT molecular complexity index is 370. The molecule has 2 aliphatic rings. The van der Waals surface area contributed by atoms with Crippen LogP contribution in [0.4, 0.5) is 0 Å². The molecule has 5 nitrogen and oxygen atoms in total. The maximum absolute atomic E-state index is 9.59. The predicted molar refractivity (Wildman–Crippen MR) is 59.5 cm³/mol. The Hall–Kier alpha value is -0.180. The molecule has 2 fully saturated rings. The molecule has 0 bridgehead atoms. The van der Waals surface area contributed by atoms with Crippen LogP contribution in [0, 0.1) is 3.57 Å². The quantitative estimate of drug-likeness (QED) is 0.750. The molecule has 2 aliphatic heterocycles. The molecule has 0 aromatic carbocycles. The topological polar surface area (TPSA) is 56.5 Å². The van der Waals surface area contributed by atoms with Gasteiger partial charge in [-0.2, -0.15) is 5.10 Å². The van der Waals surface area contributed by atoms with Crippen LogP contribution in [-0.2, 0) is 9.47 Å². The number of hydrogen-bond acceptors (Lipinski definition) is 4. The third-order valence-electron chi connectivity index (χ3n) is 2.91. The molecule has 0 aliphatic carbocycles. The lowest BCUT2D eigenvalue weighted by Gasteiger charge is -2.15. The summed E-state index contributed by atoms with van der Waals surface area (Å²) in [6.07, 6.45) is 3.03. The lowest BCUT2D eigenvalue weighted by atomic mass is 10.1. The van der Waals surface area contributed by atoms with E-state index in [1.165, 1.54) is 0 Å². The molecule has 1 N–H and O–H groups in total. The molecule has 15 heavy (non-hydrogen) atoms. The van der Waals surface area contributed by atoms with Crippen molar-refractivity contribution < 1.29 is 14.6 Å². The van der Waals surface area contributed by atoms with Crippen molar-refractivity contribution >= 4 is 22.6 Å². The molecule has 4 atom stereocenters. The Morgan fingerprint density at radius 1 is 1.40 bits per heavy atom. The van der Waals surface area contributed by atoms with Crippen molar-refractivity contribution in [2.24, 2.45) is 0 Å². The number of aliphatic hydroxyl groups excluding tert-OH is 1. The van der Waals surface area contributed by atoms with Crippen LogP contribution < -0.4 is 0 Å². The van der Waals surface area contributed by atoms with E-state index in [4.69, 9.17) is 9.47 Å². The summed E-state index contributed by atoms with van der Waals surface area (Å²) in [5.74, 6) is 0. The molecule has 3 rings (SSSR count). The minimum atomic E-state index is -0.491. The van der Waals surface area contributed by atoms with E-state index in [1.807, 2.05) is 10.9 Å². The van der Waals surface area contributed by atoms with Gasteiger partial charge in [0.25, 0.3) is 0 Å². The maximum atomic E-state index is 9.59. The van der Waals surface area contributed by atoms with Crippen LogP contribution >= 0.6 is 22.6 Å². The Morgan fingerprint density at radius 3 is 2.93 bits per heavy atom. The van der Waals surface area contributed by atoms with Gasteiger partial charge in [0.05, 0.1) is 23.0 Å². The average Bonchev–Trinajstić information content (AvgIpc) is 2.84. The second-order valence-electron chi connectivity index (χ2n) is 3.87. The van der Waals surface area contributed by atoms with E-state index in [-0.39, 0.29) is 18.2 Å². The molecule has 3 heterocycles. The summed E-state index contributed by atoms with van der Waals surface area (Å²) >= 11 is 2.22. The van der Waals surface area contributed by atoms with Gasteiger partial charge in [-0.1, -0.05) is 0 Å². The monoisotopic (exact) mass is 322 g/mol.